The zero-order valence-corrected chi connectivity index (χ0v) is 13.3. The molecule has 2 N–H and O–H groups in total. The van der Waals surface area contributed by atoms with E-state index in [9.17, 15) is 10.2 Å². The molecule has 2 aromatic carbocycles. The van der Waals surface area contributed by atoms with Crippen molar-refractivity contribution in [3.8, 4) is 11.5 Å². The number of phenols is 1. The van der Waals surface area contributed by atoms with Gasteiger partial charge in [0.2, 0.25) is 0 Å². The lowest BCUT2D eigenvalue weighted by molar-refractivity contribution is -0.00122. The molecule has 2 aliphatic rings. The monoisotopic (exact) mass is 310 g/mol. The zero-order valence-electron chi connectivity index (χ0n) is 13.3. The molecule has 3 heteroatoms. The normalized spacial score (nSPS) is 29.3. The third-order valence-corrected chi connectivity index (χ3v) is 5.38. The number of aryl methyl sites for hydroxylation is 1. The van der Waals surface area contributed by atoms with Crippen LogP contribution in [0.2, 0.25) is 0 Å². The second kappa shape index (κ2) is 5.57. The van der Waals surface area contributed by atoms with Crippen molar-refractivity contribution in [3.63, 3.8) is 0 Å². The first kappa shape index (κ1) is 14.6. The number of phenolic OH excluding ortho intramolecular Hbond substituents is 1. The Balaban J connectivity index is 1.86. The molecule has 1 aliphatic carbocycles. The summed E-state index contributed by atoms with van der Waals surface area (Å²) in [7, 11) is 0. The smallest absolute Gasteiger partial charge is 0.127 e. The number of aliphatic hydroxyl groups is 1. The van der Waals surface area contributed by atoms with E-state index in [-0.39, 0.29) is 23.9 Å². The first-order chi connectivity index (χ1) is 11.1. The summed E-state index contributed by atoms with van der Waals surface area (Å²) < 4.78 is 6.16. The topological polar surface area (TPSA) is 49.7 Å². The molecule has 0 saturated heterocycles. The van der Waals surface area contributed by atoms with Gasteiger partial charge in [0.25, 0.3) is 0 Å². The average Bonchev–Trinajstić information content (AvgIpc) is 2.53. The number of hydrogen-bond acceptors (Lipinski definition) is 3. The van der Waals surface area contributed by atoms with Crippen molar-refractivity contribution in [3.05, 3.63) is 59.2 Å². The SMILES string of the molecule is Cc1ccccc1C1c2ccc(O)cc2OC2CC(O)CCC21. The minimum Gasteiger partial charge on any atom is -0.508 e. The van der Waals surface area contributed by atoms with Gasteiger partial charge in [-0.3, -0.25) is 0 Å². The highest BCUT2D eigenvalue weighted by atomic mass is 16.5. The molecule has 1 saturated carbocycles. The molecule has 2 aromatic rings. The van der Waals surface area contributed by atoms with Crippen LogP contribution in [-0.4, -0.2) is 22.4 Å². The molecular formula is C20H22O3. The summed E-state index contributed by atoms with van der Waals surface area (Å²) in [5.41, 5.74) is 3.76. The van der Waals surface area contributed by atoms with Gasteiger partial charge in [-0.05, 0) is 37.0 Å². The molecule has 1 fully saturated rings. The fourth-order valence-corrected chi connectivity index (χ4v) is 4.26. The molecular weight excluding hydrogens is 288 g/mol. The number of rotatable bonds is 1. The van der Waals surface area contributed by atoms with E-state index in [1.807, 2.05) is 6.07 Å². The van der Waals surface area contributed by atoms with Crippen molar-refractivity contribution < 1.29 is 14.9 Å². The minimum atomic E-state index is -0.285. The van der Waals surface area contributed by atoms with Crippen molar-refractivity contribution in [2.75, 3.05) is 0 Å². The lowest BCUT2D eigenvalue weighted by Crippen LogP contribution is -2.42. The van der Waals surface area contributed by atoms with Crippen LogP contribution in [0.3, 0.4) is 0 Å². The molecule has 4 unspecified atom stereocenters. The van der Waals surface area contributed by atoms with Crippen LogP contribution in [0, 0.1) is 12.8 Å². The molecule has 4 rings (SSSR count). The molecule has 1 heterocycles. The van der Waals surface area contributed by atoms with Gasteiger partial charge in [-0.15, -0.1) is 0 Å². The van der Waals surface area contributed by atoms with Crippen LogP contribution in [0.15, 0.2) is 42.5 Å². The number of aromatic hydroxyl groups is 1. The van der Waals surface area contributed by atoms with Crippen LogP contribution in [0.25, 0.3) is 0 Å². The molecule has 23 heavy (non-hydrogen) atoms. The Labute approximate surface area is 136 Å². The van der Waals surface area contributed by atoms with E-state index in [1.165, 1.54) is 11.1 Å². The van der Waals surface area contributed by atoms with Gasteiger partial charge in [0.1, 0.15) is 17.6 Å². The van der Waals surface area contributed by atoms with Crippen LogP contribution in [-0.2, 0) is 0 Å². The highest BCUT2D eigenvalue weighted by Crippen LogP contribution is 2.50. The van der Waals surface area contributed by atoms with E-state index < -0.39 is 0 Å². The maximum atomic E-state index is 10.0. The van der Waals surface area contributed by atoms with Gasteiger partial charge in [0.05, 0.1) is 6.10 Å². The molecule has 0 spiro atoms. The van der Waals surface area contributed by atoms with E-state index >= 15 is 0 Å². The van der Waals surface area contributed by atoms with Gasteiger partial charge in [-0.1, -0.05) is 30.3 Å². The lowest BCUT2D eigenvalue weighted by Gasteiger charge is -2.44. The first-order valence-electron chi connectivity index (χ1n) is 8.36. The van der Waals surface area contributed by atoms with Crippen LogP contribution in [0.5, 0.6) is 11.5 Å². The van der Waals surface area contributed by atoms with Crippen LogP contribution in [0.1, 0.15) is 41.9 Å². The van der Waals surface area contributed by atoms with Gasteiger partial charge in [-0.2, -0.15) is 0 Å². The highest BCUT2D eigenvalue weighted by Gasteiger charge is 2.42. The van der Waals surface area contributed by atoms with E-state index in [4.69, 9.17) is 4.74 Å². The predicted octanol–water partition coefficient (Wildman–Crippen LogP) is 3.75. The summed E-state index contributed by atoms with van der Waals surface area (Å²) in [6.45, 7) is 2.15. The Kier molecular flexibility index (Phi) is 3.53. The molecule has 0 amide bonds. The molecule has 3 nitrogen and oxygen atoms in total. The van der Waals surface area contributed by atoms with Crippen LogP contribution >= 0.6 is 0 Å². The molecule has 0 bridgehead atoms. The largest absolute Gasteiger partial charge is 0.508 e. The minimum absolute atomic E-state index is 0.0117. The van der Waals surface area contributed by atoms with Crippen molar-refractivity contribution in [2.45, 2.75) is 44.3 Å². The summed E-state index contributed by atoms with van der Waals surface area (Å²) >= 11 is 0. The molecule has 0 radical (unpaired) electrons. The van der Waals surface area contributed by atoms with Crippen molar-refractivity contribution >= 4 is 0 Å². The summed E-state index contributed by atoms with van der Waals surface area (Å²) in [6, 6.07) is 13.9. The van der Waals surface area contributed by atoms with E-state index in [0.717, 1.165) is 24.2 Å². The van der Waals surface area contributed by atoms with E-state index in [1.54, 1.807) is 12.1 Å². The van der Waals surface area contributed by atoms with E-state index in [0.29, 0.717) is 12.3 Å². The first-order valence-corrected chi connectivity index (χ1v) is 8.36. The van der Waals surface area contributed by atoms with Gasteiger partial charge in [0.15, 0.2) is 0 Å². The molecule has 120 valence electrons. The fraction of sp³-hybridized carbons (Fsp3) is 0.400. The van der Waals surface area contributed by atoms with E-state index in [2.05, 4.69) is 31.2 Å². The zero-order chi connectivity index (χ0) is 16.0. The predicted molar refractivity (Wildman–Crippen MR) is 88.9 cm³/mol. The fourth-order valence-electron chi connectivity index (χ4n) is 4.26. The third kappa shape index (κ3) is 2.49. The number of ether oxygens (including phenoxy) is 1. The molecule has 1 aliphatic heterocycles. The van der Waals surface area contributed by atoms with Crippen molar-refractivity contribution in [1.82, 2.24) is 0 Å². The van der Waals surface area contributed by atoms with Gasteiger partial charge in [0, 0.05) is 29.9 Å². The average molecular weight is 310 g/mol. The Morgan fingerprint density at radius 2 is 1.87 bits per heavy atom. The number of aliphatic hydroxyl groups excluding tert-OH is 1. The summed E-state index contributed by atoms with van der Waals surface area (Å²) in [5, 5.41) is 19.9. The van der Waals surface area contributed by atoms with Gasteiger partial charge >= 0.3 is 0 Å². The van der Waals surface area contributed by atoms with Crippen molar-refractivity contribution in [2.24, 2.45) is 5.92 Å². The third-order valence-electron chi connectivity index (χ3n) is 5.38. The molecule has 0 aromatic heterocycles. The lowest BCUT2D eigenvalue weighted by atomic mass is 9.69. The maximum absolute atomic E-state index is 10.0. The quantitative estimate of drug-likeness (QED) is 0.843. The number of fused-ring (bicyclic) bond motifs is 2. The second-order valence-electron chi connectivity index (χ2n) is 6.84. The van der Waals surface area contributed by atoms with Crippen molar-refractivity contribution in [1.29, 1.82) is 0 Å². The number of benzene rings is 2. The Morgan fingerprint density at radius 1 is 1.04 bits per heavy atom. The Bertz CT molecular complexity index is 725. The highest BCUT2D eigenvalue weighted by molar-refractivity contribution is 5.50. The standard InChI is InChI=1S/C20H22O3/c1-12-4-2-3-5-15(12)20-16-8-6-13(21)10-18(16)23-19-11-14(22)7-9-17(19)20/h2-6,8,10,14,17,19-22H,7,9,11H2,1H3. The second-order valence-corrected chi connectivity index (χ2v) is 6.84. The maximum Gasteiger partial charge on any atom is 0.127 e. The van der Waals surface area contributed by atoms with Gasteiger partial charge in [-0.25, -0.2) is 0 Å². The summed E-state index contributed by atoms with van der Waals surface area (Å²) in [5.74, 6) is 1.62. The summed E-state index contributed by atoms with van der Waals surface area (Å²) in [6.07, 6.45) is 2.19. The Morgan fingerprint density at radius 3 is 2.70 bits per heavy atom. The summed E-state index contributed by atoms with van der Waals surface area (Å²) in [4.78, 5) is 0. The Hall–Kier alpha value is -2.00. The van der Waals surface area contributed by atoms with Crippen LogP contribution in [0.4, 0.5) is 0 Å². The molecule has 4 atom stereocenters. The number of hydrogen-bond donors (Lipinski definition) is 2. The van der Waals surface area contributed by atoms with Gasteiger partial charge < -0.3 is 14.9 Å². The van der Waals surface area contributed by atoms with Crippen LogP contribution < -0.4 is 4.74 Å².